The van der Waals surface area contributed by atoms with Crippen molar-refractivity contribution in [1.29, 1.82) is 0 Å². The average molecular weight is 338 g/mol. The number of amides is 1. The van der Waals surface area contributed by atoms with Crippen LogP contribution in [0, 0.1) is 0 Å². The van der Waals surface area contributed by atoms with Crippen molar-refractivity contribution < 1.29 is 9.32 Å². The maximum atomic E-state index is 11.9. The van der Waals surface area contributed by atoms with E-state index in [4.69, 9.17) is 4.52 Å². The van der Waals surface area contributed by atoms with Crippen molar-refractivity contribution in [2.24, 2.45) is 0 Å². The average Bonchev–Trinajstić information content (AvgIpc) is 3.27. The van der Waals surface area contributed by atoms with E-state index in [0.29, 0.717) is 30.4 Å². The van der Waals surface area contributed by atoms with E-state index in [2.05, 4.69) is 20.4 Å². The number of hydrogen-bond acceptors (Lipinski definition) is 7. The molecule has 0 aliphatic heterocycles. The number of nitrogens with one attached hydrogen (secondary N) is 1. The van der Waals surface area contributed by atoms with Crippen LogP contribution in [0.3, 0.4) is 0 Å². The van der Waals surface area contributed by atoms with E-state index in [1.54, 1.807) is 5.38 Å². The van der Waals surface area contributed by atoms with E-state index in [1.165, 1.54) is 35.9 Å². The molecule has 0 spiro atoms. The molecule has 1 fully saturated rings. The highest BCUT2D eigenvalue weighted by atomic mass is 32.2. The van der Waals surface area contributed by atoms with Crippen molar-refractivity contribution in [2.45, 2.75) is 42.4 Å². The second-order valence-corrected chi connectivity index (χ2v) is 7.15. The molecular formula is C14H18N4O2S2. The molecule has 1 saturated carbocycles. The first-order valence-corrected chi connectivity index (χ1v) is 9.47. The third kappa shape index (κ3) is 3.67. The topological polar surface area (TPSA) is 80.9 Å². The van der Waals surface area contributed by atoms with Crippen LogP contribution in [-0.4, -0.2) is 33.8 Å². The molecule has 0 atom stereocenters. The zero-order valence-electron chi connectivity index (χ0n) is 12.4. The molecule has 0 saturated heterocycles. The number of thioether (sulfide) groups is 1. The number of thiazole rings is 1. The minimum atomic E-state index is -0.156. The maximum absolute atomic E-state index is 11.9. The molecule has 1 N–H and O–H groups in total. The maximum Gasteiger partial charge on any atom is 0.270 e. The highest BCUT2D eigenvalue weighted by Gasteiger charge is 2.22. The van der Waals surface area contributed by atoms with Gasteiger partial charge in [0.1, 0.15) is 10.0 Å². The molecule has 0 radical (unpaired) electrons. The van der Waals surface area contributed by atoms with Crippen molar-refractivity contribution in [1.82, 2.24) is 20.4 Å². The second kappa shape index (κ2) is 7.23. The number of rotatable bonds is 6. The number of carbonyl (C=O) groups is 1. The first-order valence-electron chi connectivity index (χ1n) is 7.36. The monoisotopic (exact) mass is 338 g/mol. The fourth-order valence-corrected chi connectivity index (χ4v) is 3.78. The molecule has 3 rings (SSSR count). The van der Waals surface area contributed by atoms with Crippen LogP contribution in [0.4, 0.5) is 0 Å². The summed E-state index contributed by atoms with van der Waals surface area (Å²) in [6.07, 6.45) is 7.27. The zero-order chi connectivity index (χ0) is 15.4. The molecule has 2 aromatic rings. The second-order valence-electron chi connectivity index (χ2n) is 5.24. The van der Waals surface area contributed by atoms with Crippen molar-refractivity contribution in [3.63, 3.8) is 0 Å². The molecule has 1 aliphatic rings. The van der Waals surface area contributed by atoms with Crippen LogP contribution in [-0.2, 0) is 6.42 Å². The molecule has 2 aromatic heterocycles. The Morgan fingerprint density at radius 1 is 1.45 bits per heavy atom. The van der Waals surface area contributed by atoms with Crippen molar-refractivity contribution in [3.05, 3.63) is 22.8 Å². The van der Waals surface area contributed by atoms with Gasteiger partial charge in [-0.1, -0.05) is 29.8 Å². The Labute approximate surface area is 137 Å². The van der Waals surface area contributed by atoms with Gasteiger partial charge in [0.25, 0.3) is 5.91 Å². The van der Waals surface area contributed by atoms with Gasteiger partial charge in [-0.3, -0.25) is 4.79 Å². The predicted octanol–water partition coefficient (Wildman–Crippen LogP) is 2.88. The normalized spacial score (nSPS) is 15.3. The third-order valence-corrected chi connectivity index (χ3v) is 5.58. The Balaban J connectivity index is 1.47. The van der Waals surface area contributed by atoms with E-state index in [0.717, 1.165) is 23.1 Å². The van der Waals surface area contributed by atoms with Gasteiger partial charge in [-0.25, -0.2) is 4.98 Å². The molecular weight excluding hydrogens is 320 g/mol. The summed E-state index contributed by atoms with van der Waals surface area (Å²) in [5.41, 5.74) is 0.467. The number of hydrogen-bond donors (Lipinski definition) is 1. The Kier molecular flexibility index (Phi) is 5.09. The van der Waals surface area contributed by atoms with Gasteiger partial charge in [-0.05, 0) is 19.1 Å². The lowest BCUT2D eigenvalue weighted by atomic mass is 10.1. The van der Waals surface area contributed by atoms with Gasteiger partial charge < -0.3 is 9.84 Å². The number of nitrogens with zero attached hydrogens (tertiary/aromatic N) is 3. The van der Waals surface area contributed by atoms with E-state index < -0.39 is 0 Å². The molecule has 6 nitrogen and oxygen atoms in total. The summed E-state index contributed by atoms with van der Waals surface area (Å²) in [7, 11) is 0. The van der Waals surface area contributed by atoms with Gasteiger partial charge in [0.2, 0.25) is 5.89 Å². The quantitative estimate of drug-likeness (QED) is 0.816. The minimum absolute atomic E-state index is 0.156. The SMILES string of the molecule is CSc1nc(C(=O)NCCc2noc(C3CCCC3)n2)cs1. The van der Waals surface area contributed by atoms with Crippen molar-refractivity contribution in [2.75, 3.05) is 12.8 Å². The fraction of sp³-hybridized carbons (Fsp3) is 0.571. The molecule has 0 aromatic carbocycles. The Hall–Kier alpha value is -1.41. The lowest BCUT2D eigenvalue weighted by Gasteiger charge is -2.00. The van der Waals surface area contributed by atoms with Gasteiger partial charge in [-0.2, -0.15) is 4.98 Å². The Morgan fingerprint density at radius 2 is 2.27 bits per heavy atom. The van der Waals surface area contributed by atoms with E-state index in [1.807, 2.05) is 6.26 Å². The highest BCUT2D eigenvalue weighted by molar-refractivity contribution is 8.00. The summed E-state index contributed by atoms with van der Waals surface area (Å²) in [5, 5.41) is 8.60. The molecule has 8 heteroatoms. The smallest absolute Gasteiger partial charge is 0.270 e. The van der Waals surface area contributed by atoms with Crippen LogP contribution >= 0.6 is 23.1 Å². The van der Waals surface area contributed by atoms with Gasteiger partial charge in [0, 0.05) is 24.3 Å². The molecule has 1 aliphatic carbocycles. The third-order valence-electron chi connectivity index (χ3n) is 3.71. The molecule has 118 valence electrons. The fourth-order valence-electron chi connectivity index (χ4n) is 2.54. The van der Waals surface area contributed by atoms with E-state index in [9.17, 15) is 4.79 Å². The standard InChI is InChI=1S/C14H18N4O2S2/c1-21-14-16-10(8-22-14)12(19)15-7-6-11-17-13(20-18-11)9-4-2-3-5-9/h8-9H,2-7H2,1H3,(H,15,19). The summed E-state index contributed by atoms with van der Waals surface area (Å²) >= 11 is 3.01. The first-order chi connectivity index (χ1) is 10.8. The Bertz CT molecular complexity index is 634. The zero-order valence-corrected chi connectivity index (χ0v) is 14.0. The summed E-state index contributed by atoms with van der Waals surface area (Å²) in [5.74, 6) is 1.68. The minimum Gasteiger partial charge on any atom is -0.350 e. The van der Waals surface area contributed by atoms with E-state index in [-0.39, 0.29) is 5.91 Å². The summed E-state index contributed by atoms with van der Waals surface area (Å²) in [6, 6.07) is 0. The molecule has 0 bridgehead atoms. The summed E-state index contributed by atoms with van der Waals surface area (Å²) < 4.78 is 6.21. The molecule has 22 heavy (non-hydrogen) atoms. The van der Waals surface area contributed by atoms with Crippen LogP contribution in [0.2, 0.25) is 0 Å². The van der Waals surface area contributed by atoms with Gasteiger partial charge in [-0.15, -0.1) is 11.3 Å². The van der Waals surface area contributed by atoms with E-state index >= 15 is 0 Å². The molecule has 1 amide bonds. The lowest BCUT2D eigenvalue weighted by Crippen LogP contribution is -2.26. The van der Waals surface area contributed by atoms with Crippen LogP contribution in [0.5, 0.6) is 0 Å². The molecule has 2 heterocycles. The van der Waals surface area contributed by atoms with Gasteiger partial charge >= 0.3 is 0 Å². The van der Waals surface area contributed by atoms with Crippen LogP contribution < -0.4 is 5.32 Å². The largest absolute Gasteiger partial charge is 0.350 e. The number of aromatic nitrogens is 3. The van der Waals surface area contributed by atoms with Crippen molar-refractivity contribution in [3.8, 4) is 0 Å². The molecule has 0 unspecified atom stereocenters. The summed E-state index contributed by atoms with van der Waals surface area (Å²) in [4.78, 5) is 20.6. The predicted molar refractivity (Wildman–Crippen MR) is 85.4 cm³/mol. The van der Waals surface area contributed by atoms with Gasteiger partial charge in [0.05, 0.1) is 0 Å². The van der Waals surface area contributed by atoms with Crippen LogP contribution in [0.1, 0.15) is 53.8 Å². The van der Waals surface area contributed by atoms with Crippen LogP contribution in [0.25, 0.3) is 0 Å². The number of carbonyl (C=O) groups excluding carboxylic acids is 1. The first kappa shape index (κ1) is 15.5. The van der Waals surface area contributed by atoms with Crippen molar-refractivity contribution >= 4 is 29.0 Å². The lowest BCUT2D eigenvalue weighted by molar-refractivity contribution is 0.0949. The Morgan fingerprint density at radius 3 is 3.00 bits per heavy atom. The van der Waals surface area contributed by atoms with Crippen LogP contribution in [0.15, 0.2) is 14.2 Å². The van der Waals surface area contributed by atoms with Gasteiger partial charge in [0.15, 0.2) is 5.82 Å². The highest BCUT2D eigenvalue weighted by Crippen LogP contribution is 2.32. The summed E-state index contributed by atoms with van der Waals surface area (Å²) in [6.45, 7) is 0.481.